The minimum atomic E-state index is -1.07. The Bertz CT molecular complexity index is 722. The molecule has 0 radical (unpaired) electrons. The Morgan fingerprint density at radius 1 is 1.12 bits per heavy atom. The molecule has 126 valence electrons. The van der Waals surface area contributed by atoms with Crippen LogP contribution in [0, 0.1) is 0 Å². The molecule has 1 amide bonds. The number of ether oxygens (including phenoxy) is 1. The number of carboxylic acids is 1. The average Bonchev–Trinajstić information content (AvgIpc) is 2.53. The van der Waals surface area contributed by atoms with Gasteiger partial charge in [-0.2, -0.15) is 0 Å². The summed E-state index contributed by atoms with van der Waals surface area (Å²) in [6, 6.07) is 13.0. The number of alkyl carbamates (subject to hydrolysis) is 1. The van der Waals surface area contributed by atoms with Crippen LogP contribution in [0.4, 0.5) is 4.79 Å². The molecule has 0 aliphatic carbocycles. The first-order valence-corrected chi connectivity index (χ1v) is 7.85. The van der Waals surface area contributed by atoms with Crippen molar-refractivity contribution >= 4 is 35.3 Å². The van der Waals surface area contributed by atoms with Gasteiger partial charge in [-0.1, -0.05) is 59.6 Å². The fourth-order valence-electron chi connectivity index (χ4n) is 2.10. The smallest absolute Gasteiger partial charge is 0.407 e. The summed E-state index contributed by atoms with van der Waals surface area (Å²) in [6.45, 7) is 0.0841. The van der Waals surface area contributed by atoms with Crippen LogP contribution in [0.2, 0.25) is 10.0 Å². The lowest BCUT2D eigenvalue weighted by Crippen LogP contribution is -2.30. The zero-order valence-electron chi connectivity index (χ0n) is 12.5. The molecule has 7 heteroatoms. The Labute approximate surface area is 149 Å². The highest BCUT2D eigenvalue weighted by molar-refractivity contribution is 6.35. The molecule has 24 heavy (non-hydrogen) atoms. The van der Waals surface area contributed by atoms with Crippen LogP contribution in [-0.4, -0.2) is 17.2 Å². The maximum Gasteiger partial charge on any atom is 0.407 e. The van der Waals surface area contributed by atoms with Crippen molar-refractivity contribution < 1.29 is 19.4 Å². The fourth-order valence-corrected chi connectivity index (χ4v) is 2.64. The second-order valence-electron chi connectivity index (χ2n) is 5.02. The first kappa shape index (κ1) is 18.1. The molecule has 0 saturated carbocycles. The number of nitrogens with one attached hydrogen (secondary N) is 1. The average molecular weight is 368 g/mol. The van der Waals surface area contributed by atoms with E-state index in [1.165, 1.54) is 6.07 Å². The molecule has 2 aromatic rings. The molecular formula is C17H15Cl2NO4. The van der Waals surface area contributed by atoms with Gasteiger partial charge in [-0.15, -0.1) is 0 Å². The summed E-state index contributed by atoms with van der Waals surface area (Å²) in [5.41, 5.74) is 1.28. The van der Waals surface area contributed by atoms with Gasteiger partial charge in [0.15, 0.2) is 0 Å². The number of rotatable bonds is 6. The number of carboxylic acid groups (broad SMARTS) is 1. The fraction of sp³-hybridized carbons (Fsp3) is 0.176. The molecule has 0 saturated heterocycles. The SMILES string of the molecule is O=C(O)C[C@@H](NC(=O)OCc1ccccc1)c1ccc(Cl)cc1Cl. The van der Waals surface area contributed by atoms with Crippen molar-refractivity contribution in [2.45, 2.75) is 19.1 Å². The number of amides is 1. The normalized spacial score (nSPS) is 11.6. The number of benzene rings is 2. The molecule has 1 atom stereocenters. The van der Waals surface area contributed by atoms with Crippen LogP contribution < -0.4 is 5.32 Å². The van der Waals surface area contributed by atoms with Gasteiger partial charge in [-0.25, -0.2) is 4.79 Å². The molecule has 0 unspecified atom stereocenters. The summed E-state index contributed by atoms with van der Waals surface area (Å²) >= 11 is 11.9. The number of hydrogen-bond donors (Lipinski definition) is 2. The molecule has 5 nitrogen and oxygen atoms in total. The van der Waals surface area contributed by atoms with Crippen LogP contribution in [0.25, 0.3) is 0 Å². The maximum atomic E-state index is 12.0. The minimum Gasteiger partial charge on any atom is -0.481 e. The number of carbonyl (C=O) groups excluding carboxylic acids is 1. The Kier molecular flexibility index (Phi) is 6.46. The summed E-state index contributed by atoms with van der Waals surface area (Å²) < 4.78 is 5.11. The number of carbonyl (C=O) groups is 2. The third kappa shape index (κ3) is 5.44. The minimum absolute atomic E-state index is 0.0841. The van der Waals surface area contributed by atoms with E-state index in [2.05, 4.69) is 5.32 Å². The predicted molar refractivity (Wildman–Crippen MR) is 91.2 cm³/mol. The van der Waals surface area contributed by atoms with Gasteiger partial charge in [-0.05, 0) is 23.3 Å². The Morgan fingerprint density at radius 3 is 2.46 bits per heavy atom. The highest BCUT2D eigenvalue weighted by Crippen LogP contribution is 2.28. The molecule has 0 aromatic heterocycles. The summed E-state index contributed by atoms with van der Waals surface area (Å²) in [5, 5.41) is 12.3. The molecular weight excluding hydrogens is 353 g/mol. The summed E-state index contributed by atoms with van der Waals surface area (Å²) in [5.74, 6) is -1.07. The zero-order chi connectivity index (χ0) is 17.5. The Hall–Kier alpha value is -2.24. The van der Waals surface area contributed by atoms with Crippen molar-refractivity contribution in [3.63, 3.8) is 0 Å². The Morgan fingerprint density at radius 2 is 1.83 bits per heavy atom. The van der Waals surface area contributed by atoms with Crippen molar-refractivity contribution in [1.29, 1.82) is 0 Å². The molecule has 2 aromatic carbocycles. The summed E-state index contributed by atoms with van der Waals surface area (Å²) in [6.07, 6.45) is -1.06. The molecule has 0 spiro atoms. The van der Waals surface area contributed by atoms with Crippen LogP contribution in [0.5, 0.6) is 0 Å². The van der Waals surface area contributed by atoms with E-state index in [0.717, 1.165) is 5.56 Å². The van der Waals surface area contributed by atoms with Gasteiger partial charge >= 0.3 is 12.1 Å². The Balaban J connectivity index is 2.05. The quantitative estimate of drug-likeness (QED) is 0.791. The number of hydrogen-bond acceptors (Lipinski definition) is 3. The molecule has 0 heterocycles. The highest BCUT2D eigenvalue weighted by Gasteiger charge is 2.21. The van der Waals surface area contributed by atoms with Crippen molar-refractivity contribution in [3.05, 3.63) is 69.7 Å². The molecule has 0 aliphatic heterocycles. The van der Waals surface area contributed by atoms with E-state index in [1.54, 1.807) is 12.1 Å². The van der Waals surface area contributed by atoms with Crippen molar-refractivity contribution in [2.24, 2.45) is 0 Å². The monoisotopic (exact) mass is 367 g/mol. The third-order valence-corrected chi connectivity index (χ3v) is 3.78. The van der Waals surface area contributed by atoms with E-state index >= 15 is 0 Å². The van der Waals surface area contributed by atoms with Gasteiger partial charge in [0, 0.05) is 10.0 Å². The van der Waals surface area contributed by atoms with E-state index in [0.29, 0.717) is 10.6 Å². The van der Waals surface area contributed by atoms with Crippen LogP contribution in [-0.2, 0) is 16.1 Å². The third-order valence-electron chi connectivity index (χ3n) is 3.22. The molecule has 2 rings (SSSR count). The van der Waals surface area contributed by atoms with Crippen molar-refractivity contribution in [3.8, 4) is 0 Å². The van der Waals surface area contributed by atoms with Gasteiger partial charge in [-0.3, -0.25) is 4.79 Å². The van der Waals surface area contributed by atoms with Gasteiger partial charge in [0.05, 0.1) is 12.5 Å². The molecule has 0 fully saturated rings. The van der Waals surface area contributed by atoms with Gasteiger partial charge in [0.1, 0.15) is 6.61 Å². The molecule has 0 aliphatic rings. The van der Waals surface area contributed by atoms with Crippen LogP contribution in [0.3, 0.4) is 0 Å². The first-order valence-electron chi connectivity index (χ1n) is 7.09. The van der Waals surface area contributed by atoms with Gasteiger partial charge < -0.3 is 15.2 Å². The van der Waals surface area contributed by atoms with E-state index < -0.39 is 18.1 Å². The van der Waals surface area contributed by atoms with E-state index in [1.807, 2.05) is 30.3 Å². The van der Waals surface area contributed by atoms with Crippen LogP contribution in [0.1, 0.15) is 23.6 Å². The maximum absolute atomic E-state index is 12.0. The van der Waals surface area contributed by atoms with Crippen LogP contribution in [0.15, 0.2) is 48.5 Å². The first-order chi connectivity index (χ1) is 11.5. The van der Waals surface area contributed by atoms with E-state index in [-0.39, 0.29) is 18.1 Å². The van der Waals surface area contributed by atoms with E-state index in [4.69, 9.17) is 33.0 Å². The largest absolute Gasteiger partial charge is 0.481 e. The molecule has 0 bridgehead atoms. The number of halogens is 2. The lowest BCUT2D eigenvalue weighted by atomic mass is 10.0. The van der Waals surface area contributed by atoms with Crippen LogP contribution >= 0.6 is 23.2 Å². The zero-order valence-corrected chi connectivity index (χ0v) is 14.1. The standard InChI is InChI=1S/C17H15Cl2NO4/c18-12-6-7-13(14(19)8-12)15(9-16(21)22)20-17(23)24-10-11-4-2-1-3-5-11/h1-8,15H,9-10H2,(H,20,23)(H,21,22)/t15-/m1/s1. The van der Waals surface area contributed by atoms with Gasteiger partial charge in [0.2, 0.25) is 0 Å². The lowest BCUT2D eigenvalue weighted by Gasteiger charge is -2.18. The lowest BCUT2D eigenvalue weighted by molar-refractivity contribution is -0.137. The predicted octanol–water partition coefficient (Wildman–Crippen LogP) is 4.44. The topological polar surface area (TPSA) is 75.6 Å². The highest BCUT2D eigenvalue weighted by atomic mass is 35.5. The molecule has 2 N–H and O–H groups in total. The summed E-state index contributed by atoms with van der Waals surface area (Å²) in [7, 11) is 0. The summed E-state index contributed by atoms with van der Waals surface area (Å²) in [4.78, 5) is 23.0. The van der Waals surface area contributed by atoms with Crippen molar-refractivity contribution in [2.75, 3.05) is 0 Å². The van der Waals surface area contributed by atoms with Gasteiger partial charge in [0.25, 0.3) is 0 Å². The second-order valence-corrected chi connectivity index (χ2v) is 5.87. The number of aliphatic carboxylic acids is 1. The second kappa shape index (κ2) is 8.57. The van der Waals surface area contributed by atoms with E-state index in [9.17, 15) is 9.59 Å². The van der Waals surface area contributed by atoms with Crippen molar-refractivity contribution in [1.82, 2.24) is 5.32 Å².